The Bertz CT molecular complexity index is 1210. The van der Waals surface area contributed by atoms with Crippen LogP contribution in [0.1, 0.15) is 22.7 Å². The maximum atomic E-state index is 12.4. The van der Waals surface area contributed by atoms with Crippen LogP contribution in [0.5, 0.6) is 0 Å². The Kier molecular flexibility index (Phi) is 6.05. The van der Waals surface area contributed by atoms with Gasteiger partial charge in [-0.1, -0.05) is 90.5 Å². The van der Waals surface area contributed by atoms with Gasteiger partial charge in [0.25, 0.3) is 5.56 Å². The highest BCUT2D eigenvalue weighted by molar-refractivity contribution is 5.60. The molecule has 166 valence electrons. The molecule has 2 heterocycles. The molecule has 1 aromatic heterocycles. The van der Waals surface area contributed by atoms with Crippen LogP contribution in [0.3, 0.4) is 0 Å². The number of aromatic amines is 1. The molecule has 0 spiro atoms. The summed E-state index contributed by atoms with van der Waals surface area (Å²) in [6.07, 6.45) is 0. The first-order valence-electron chi connectivity index (χ1n) is 11.4. The summed E-state index contributed by atoms with van der Waals surface area (Å²) < 4.78 is 0. The van der Waals surface area contributed by atoms with Crippen LogP contribution in [0, 0.1) is 6.92 Å². The maximum Gasteiger partial charge on any atom is 0.252 e. The lowest BCUT2D eigenvalue weighted by atomic mass is 9.96. The number of nitrogens with zero attached hydrogens (tertiary/aromatic N) is 3. The van der Waals surface area contributed by atoms with Gasteiger partial charge in [-0.15, -0.1) is 0 Å². The van der Waals surface area contributed by atoms with Gasteiger partial charge in [-0.2, -0.15) is 0 Å². The van der Waals surface area contributed by atoms with Crippen LogP contribution in [-0.2, 0) is 0 Å². The Balaban J connectivity index is 1.37. The zero-order valence-electron chi connectivity index (χ0n) is 18.8. The second-order valence-electron chi connectivity index (χ2n) is 8.57. The third-order valence-electron chi connectivity index (χ3n) is 6.29. The normalized spacial score (nSPS) is 14.5. The van der Waals surface area contributed by atoms with E-state index in [1.165, 1.54) is 16.7 Å². The van der Waals surface area contributed by atoms with Gasteiger partial charge in [0.05, 0.1) is 11.7 Å². The van der Waals surface area contributed by atoms with Gasteiger partial charge >= 0.3 is 0 Å². The largest absolute Gasteiger partial charge is 0.340 e. The summed E-state index contributed by atoms with van der Waals surface area (Å²) in [6.45, 7) is 5.42. The average molecular weight is 437 g/mol. The lowest BCUT2D eigenvalue weighted by Gasteiger charge is -2.40. The lowest BCUT2D eigenvalue weighted by molar-refractivity contribution is 0.211. The standard InChI is InChI=1S/C28H28N4O/c1-21-12-14-22(15-13-21)25-20-26(33)30-28(29-25)32-18-16-31(17-19-32)27(23-8-4-2-5-9-23)24-10-6-3-7-11-24/h2-15,20,27H,16-19H2,1H3,(H,29,30,33). The van der Waals surface area contributed by atoms with Crippen molar-refractivity contribution in [3.63, 3.8) is 0 Å². The number of rotatable bonds is 5. The van der Waals surface area contributed by atoms with Gasteiger partial charge in [0.1, 0.15) is 0 Å². The molecule has 1 N–H and O–H groups in total. The maximum absolute atomic E-state index is 12.4. The van der Waals surface area contributed by atoms with Gasteiger partial charge < -0.3 is 4.90 Å². The fourth-order valence-electron chi connectivity index (χ4n) is 4.54. The van der Waals surface area contributed by atoms with Crippen LogP contribution < -0.4 is 10.5 Å². The molecule has 5 nitrogen and oxygen atoms in total. The van der Waals surface area contributed by atoms with E-state index in [-0.39, 0.29) is 11.6 Å². The summed E-state index contributed by atoms with van der Waals surface area (Å²) in [5.74, 6) is 0.647. The Labute approximate surface area is 194 Å². The molecule has 5 heteroatoms. The Hall–Kier alpha value is -3.70. The van der Waals surface area contributed by atoms with Crippen molar-refractivity contribution in [3.8, 4) is 11.3 Å². The van der Waals surface area contributed by atoms with Gasteiger partial charge in [-0.25, -0.2) is 4.98 Å². The van der Waals surface area contributed by atoms with Crippen LogP contribution in [-0.4, -0.2) is 41.0 Å². The van der Waals surface area contributed by atoms with E-state index in [1.807, 2.05) is 24.3 Å². The number of aromatic nitrogens is 2. The van der Waals surface area contributed by atoms with Crippen molar-refractivity contribution < 1.29 is 0 Å². The van der Waals surface area contributed by atoms with Crippen molar-refractivity contribution in [1.29, 1.82) is 0 Å². The number of nitrogens with one attached hydrogen (secondary N) is 1. The van der Waals surface area contributed by atoms with E-state index in [0.29, 0.717) is 11.6 Å². The summed E-state index contributed by atoms with van der Waals surface area (Å²) in [7, 11) is 0. The molecule has 0 aliphatic carbocycles. The number of hydrogen-bond donors (Lipinski definition) is 1. The summed E-state index contributed by atoms with van der Waals surface area (Å²) in [5, 5.41) is 0. The molecular formula is C28H28N4O. The molecule has 0 radical (unpaired) electrons. The molecule has 4 aromatic rings. The summed E-state index contributed by atoms with van der Waals surface area (Å²) in [6, 6.07) is 31.3. The van der Waals surface area contributed by atoms with Crippen LogP contribution >= 0.6 is 0 Å². The highest BCUT2D eigenvalue weighted by atomic mass is 16.1. The van der Waals surface area contributed by atoms with Gasteiger partial charge in [-0.05, 0) is 18.1 Å². The van der Waals surface area contributed by atoms with E-state index >= 15 is 0 Å². The molecule has 1 aliphatic rings. The molecule has 1 fully saturated rings. The van der Waals surface area contributed by atoms with Gasteiger partial charge in [0, 0.05) is 37.8 Å². The Morgan fingerprint density at radius 3 is 1.94 bits per heavy atom. The van der Waals surface area contributed by atoms with E-state index in [2.05, 4.69) is 82.4 Å². The molecule has 0 amide bonds. The number of anilines is 1. The van der Waals surface area contributed by atoms with E-state index in [9.17, 15) is 4.79 Å². The van der Waals surface area contributed by atoms with E-state index < -0.39 is 0 Å². The number of benzene rings is 3. The number of H-pyrrole nitrogens is 1. The molecule has 0 bridgehead atoms. The predicted molar refractivity (Wildman–Crippen MR) is 134 cm³/mol. The minimum Gasteiger partial charge on any atom is -0.340 e. The molecule has 1 saturated heterocycles. The van der Waals surface area contributed by atoms with Crippen LogP contribution in [0.4, 0.5) is 5.95 Å². The van der Waals surface area contributed by atoms with Crippen molar-refractivity contribution in [2.24, 2.45) is 0 Å². The number of piperazine rings is 1. The molecular weight excluding hydrogens is 408 g/mol. The van der Waals surface area contributed by atoms with Gasteiger partial charge in [0.2, 0.25) is 5.95 Å². The highest BCUT2D eigenvalue weighted by Gasteiger charge is 2.27. The molecule has 33 heavy (non-hydrogen) atoms. The molecule has 5 rings (SSSR count). The summed E-state index contributed by atoms with van der Waals surface area (Å²) >= 11 is 0. The molecule has 0 atom stereocenters. The second kappa shape index (κ2) is 9.43. The Morgan fingerprint density at radius 1 is 0.788 bits per heavy atom. The first-order chi connectivity index (χ1) is 16.2. The lowest BCUT2D eigenvalue weighted by Crippen LogP contribution is -2.48. The Morgan fingerprint density at radius 2 is 1.36 bits per heavy atom. The SMILES string of the molecule is Cc1ccc(-c2cc(=O)[nH]c(N3CCN(C(c4ccccc4)c4ccccc4)CC3)n2)cc1. The van der Waals surface area contributed by atoms with E-state index in [4.69, 9.17) is 4.98 Å². The molecule has 0 saturated carbocycles. The van der Waals surface area contributed by atoms with Gasteiger partial charge in [0.15, 0.2) is 0 Å². The molecule has 1 aliphatic heterocycles. The van der Waals surface area contributed by atoms with Crippen LogP contribution in [0.15, 0.2) is 95.8 Å². The highest BCUT2D eigenvalue weighted by Crippen LogP contribution is 2.30. The monoisotopic (exact) mass is 436 g/mol. The fourth-order valence-corrected chi connectivity index (χ4v) is 4.54. The van der Waals surface area contributed by atoms with Crippen molar-refractivity contribution in [2.45, 2.75) is 13.0 Å². The minimum atomic E-state index is -0.121. The van der Waals surface area contributed by atoms with Crippen molar-refractivity contribution in [2.75, 3.05) is 31.1 Å². The molecule has 3 aromatic carbocycles. The van der Waals surface area contributed by atoms with E-state index in [0.717, 1.165) is 31.7 Å². The first kappa shape index (κ1) is 21.2. The van der Waals surface area contributed by atoms with Crippen molar-refractivity contribution >= 4 is 5.95 Å². The van der Waals surface area contributed by atoms with Crippen molar-refractivity contribution in [1.82, 2.24) is 14.9 Å². The zero-order valence-corrected chi connectivity index (χ0v) is 18.8. The first-order valence-corrected chi connectivity index (χ1v) is 11.4. The smallest absolute Gasteiger partial charge is 0.252 e. The minimum absolute atomic E-state index is 0.121. The topological polar surface area (TPSA) is 52.2 Å². The third kappa shape index (κ3) is 4.73. The van der Waals surface area contributed by atoms with Crippen LogP contribution in [0.25, 0.3) is 11.3 Å². The summed E-state index contributed by atoms with van der Waals surface area (Å²) in [5.41, 5.74) is 5.33. The average Bonchev–Trinajstić information content (AvgIpc) is 2.86. The van der Waals surface area contributed by atoms with Crippen molar-refractivity contribution in [3.05, 3.63) is 118 Å². The summed E-state index contributed by atoms with van der Waals surface area (Å²) in [4.78, 5) is 24.8. The van der Waals surface area contributed by atoms with Gasteiger partial charge in [-0.3, -0.25) is 14.7 Å². The number of hydrogen-bond acceptors (Lipinski definition) is 4. The van der Waals surface area contributed by atoms with E-state index in [1.54, 1.807) is 6.07 Å². The zero-order chi connectivity index (χ0) is 22.6. The molecule has 0 unspecified atom stereocenters. The number of aryl methyl sites for hydroxylation is 1. The quantitative estimate of drug-likeness (QED) is 0.495. The van der Waals surface area contributed by atoms with Crippen LogP contribution in [0.2, 0.25) is 0 Å². The predicted octanol–water partition coefficient (Wildman–Crippen LogP) is 4.66. The third-order valence-corrected chi connectivity index (χ3v) is 6.29. The second-order valence-corrected chi connectivity index (χ2v) is 8.57. The fraction of sp³-hybridized carbons (Fsp3) is 0.214.